The van der Waals surface area contributed by atoms with Gasteiger partial charge in [0, 0.05) is 19.4 Å². The fourth-order valence-corrected chi connectivity index (χ4v) is 6.11. The summed E-state index contributed by atoms with van der Waals surface area (Å²) in [5, 5.41) is 2.67. The lowest BCUT2D eigenvalue weighted by Crippen LogP contribution is -2.38. The Morgan fingerprint density at radius 1 is 0.528 bits per heavy atom. The predicted molar refractivity (Wildman–Crippen MR) is 222 cm³/mol. The van der Waals surface area contributed by atoms with Crippen molar-refractivity contribution in [2.75, 3.05) is 40.4 Å². The Morgan fingerprint density at radius 2 is 0.943 bits per heavy atom. The van der Waals surface area contributed by atoms with E-state index in [1.54, 1.807) is 0 Å². The number of amides is 1. The van der Waals surface area contributed by atoms with E-state index in [1.165, 1.54) is 109 Å². The van der Waals surface area contributed by atoms with E-state index in [1.807, 2.05) is 19.0 Å². The summed E-state index contributed by atoms with van der Waals surface area (Å²) in [6.07, 6.45) is 40.5. The van der Waals surface area contributed by atoms with E-state index < -0.39 is 12.2 Å². The molecule has 1 N–H and O–H groups in total. The Morgan fingerprint density at radius 3 is 1.40 bits per heavy atom. The number of allylic oxidation sites excluding steroid dienone is 4. The minimum atomic E-state index is -0.752. The lowest BCUT2D eigenvalue weighted by atomic mass is 10.1. The van der Waals surface area contributed by atoms with Crippen LogP contribution in [0.3, 0.4) is 0 Å². The van der Waals surface area contributed by atoms with Crippen LogP contribution in [0.2, 0.25) is 0 Å². The van der Waals surface area contributed by atoms with Crippen LogP contribution < -0.4 is 5.32 Å². The summed E-state index contributed by atoms with van der Waals surface area (Å²) in [7, 11) is 3.93. The molecule has 0 fully saturated rings. The summed E-state index contributed by atoms with van der Waals surface area (Å²) in [6.45, 7) is 5.58. The number of rotatable bonds is 39. The first-order chi connectivity index (χ1) is 25.9. The van der Waals surface area contributed by atoms with Crippen molar-refractivity contribution < 1.29 is 28.6 Å². The summed E-state index contributed by atoms with van der Waals surface area (Å²) >= 11 is 0. The fourth-order valence-electron chi connectivity index (χ4n) is 6.11. The summed E-state index contributed by atoms with van der Waals surface area (Å²) in [6, 6.07) is 0. The summed E-state index contributed by atoms with van der Waals surface area (Å²) < 4.78 is 16.4. The maximum atomic E-state index is 12.7. The Bertz CT molecular complexity index is 890. The molecule has 53 heavy (non-hydrogen) atoms. The smallest absolute Gasteiger partial charge is 0.407 e. The van der Waals surface area contributed by atoms with Crippen LogP contribution in [0.5, 0.6) is 0 Å². The average Bonchev–Trinajstić information content (AvgIpc) is 3.14. The van der Waals surface area contributed by atoms with Crippen molar-refractivity contribution in [1.82, 2.24) is 10.2 Å². The highest BCUT2D eigenvalue weighted by Crippen LogP contribution is 2.13. The molecule has 0 rings (SSSR count). The Labute approximate surface area is 327 Å². The van der Waals surface area contributed by atoms with Gasteiger partial charge in [0.15, 0.2) is 6.10 Å². The van der Waals surface area contributed by atoms with Gasteiger partial charge in [0.25, 0.3) is 0 Å². The van der Waals surface area contributed by atoms with Gasteiger partial charge in [-0.15, -0.1) is 0 Å². The van der Waals surface area contributed by atoms with Gasteiger partial charge in [0.05, 0.1) is 13.2 Å². The largest absolute Gasteiger partial charge is 0.462 e. The third-order valence-electron chi connectivity index (χ3n) is 9.47. The molecule has 310 valence electrons. The number of carbonyl (C=O) groups is 3. The fraction of sp³-hybridized carbons (Fsp3) is 0.844. The minimum Gasteiger partial charge on any atom is -0.462 e. The first-order valence-electron chi connectivity index (χ1n) is 22.1. The van der Waals surface area contributed by atoms with Crippen molar-refractivity contribution >= 4 is 18.0 Å². The molecule has 0 aliphatic carbocycles. The Balaban J connectivity index is 4.25. The topological polar surface area (TPSA) is 94.2 Å². The van der Waals surface area contributed by atoms with Crippen LogP contribution in [0, 0.1) is 0 Å². The van der Waals surface area contributed by atoms with Crippen molar-refractivity contribution in [3.8, 4) is 0 Å². The number of hydrogen-bond acceptors (Lipinski definition) is 7. The number of hydrogen-bond donors (Lipinski definition) is 1. The number of ether oxygens (including phenoxy) is 3. The van der Waals surface area contributed by atoms with Crippen LogP contribution in [0.1, 0.15) is 200 Å². The molecule has 0 heterocycles. The molecule has 1 unspecified atom stereocenters. The monoisotopic (exact) mass is 749 g/mol. The summed E-state index contributed by atoms with van der Waals surface area (Å²) in [4.78, 5) is 39.4. The van der Waals surface area contributed by atoms with E-state index in [4.69, 9.17) is 14.2 Å². The van der Waals surface area contributed by atoms with Crippen molar-refractivity contribution in [2.45, 2.75) is 206 Å². The number of unbranched alkanes of at least 4 members (excludes halogenated alkanes) is 22. The normalized spacial score (nSPS) is 12.2. The second-order valence-corrected chi connectivity index (χ2v) is 15.1. The van der Waals surface area contributed by atoms with E-state index in [-0.39, 0.29) is 25.1 Å². The molecule has 0 aliphatic heterocycles. The summed E-state index contributed by atoms with van der Waals surface area (Å²) in [5.74, 6) is -0.630. The molecule has 0 aromatic rings. The van der Waals surface area contributed by atoms with Gasteiger partial charge in [-0.1, -0.05) is 141 Å². The van der Waals surface area contributed by atoms with Crippen LogP contribution >= 0.6 is 0 Å². The molecule has 0 radical (unpaired) electrons. The number of nitrogens with one attached hydrogen (secondary N) is 1. The molecule has 0 aromatic carbocycles. The van der Waals surface area contributed by atoms with Gasteiger partial charge in [-0.2, -0.15) is 0 Å². The van der Waals surface area contributed by atoms with Crippen LogP contribution in [-0.4, -0.2) is 69.4 Å². The van der Waals surface area contributed by atoms with Crippen LogP contribution in [0.4, 0.5) is 4.79 Å². The molecule has 0 aromatic heterocycles. The molecule has 8 heteroatoms. The van der Waals surface area contributed by atoms with E-state index in [0.717, 1.165) is 70.8 Å². The van der Waals surface area contributed by atoms with Gasteiger partial charge >= 0.3 is 18.0 Å². The number of alkyl carbamates (subject to hydrolysis) is 1. The number of carbonyl (C=O) groups excluding carboxylic acids is 3. The maximum Gasteiger partial charge on any atom is 0.407 e. The Kier molecular flexibility index (Phi) is 39.0. The highest BCUT2D eigenvalue weighted by molar-refractivity contribution is 5.70. The van der Waals surface area contributed by atoms with E-state index >= 15 is 0 Å². The average molecular weight is 749 g/mol. The van der Waals surface area contributed by atoms with Crippen molar-refractivity contribution in [3.63, 3.8) is 0 Å². The van der Waals surface area contributed by atoms with E-state index in [0.29, 0.717) is 19.4 Å². The van der Waals surface area contributed by atoms with E-state index in [9.17, 15) is 14.4 Å². The molecule has 0 bridgehead atoms. The standard InChI is InChI=1S/C45H84N2O6/c1-5-7-9-11-13-15-17-19-21-23-25-27-29-31-33-36-43(48)52-41-42(40-46-45(50)51-39-35-38-47(3)4)53-44(49)37-34-32-30-28-26-24-22-20-18-16-14-12-10-8-6-2/h19-22,42H,5-18,23-41H2,1-4H3,(H,46,50). The van der Waals surface area contributed by atoms with Gasteiger partial charge in [-0.3, -0.25) is 9.59 Å². The van der Waals surface area contributed by atoms with Crippen LogP contribution in [-0.2, 0) is 23.8 Å². The highest BCUT2D eigenvalue weighted by Gasteiger charge is 2.18. The van der Waals surface area contributed by atoms with E-state index in [2.05, 4.69) is 43.5 Å². The molecular weight excluding hydrogens is 665 g/mol. The molecule has 0 saturated heterocycles. The van der Waals surface area contributed by atoms with Crippen molar-refractivity contribution in [2.24, 2.45) is 0 Å². The molecule has 0 saturated carbocycles. The van der Waals surface area contributed by atoms with Gasteiger partial charge in [0.2, 0.25) is 0 Å². The lowest BCUT2D eigenvalue weighted by Gasteiger charge is -2.19. The zero-order valence-electron chi connectivity index (χ0n) is 35.1. The first-order valence-corrected chi connectivity index (χ1v) is 22.1. The van der Waals surface area contributed by atoms with Gasteiger partial charge < -0.3 is 24.4 Å². The molecule has 1 atom stereocenters. The Hall–Kier alpha value is -2.35. The quantitative estimate of drug-likeness (QED) is 0.0289. The van der Waals surface area contributed by atoms with Gasteiger partial charge in [0.1, 0.15) is 6.61 Å². The SMILES string of the molecule is CCCCCCCCC=CCCCCCCCC(=O)OCC(CNC(=O)OCCCN(C)C)OC(=O)CCCCCCCC=CCCCCCCCC. The predicted octanol–water partition coefficient (Wildman–Crippen LogP) is 12.2. The third kappa shape index (κ3) is 40.7. The van der Waals surface area contributed by atoms with Gasteiger partial charge in [-0.25, -0.2) is 4.79 Å². The summed E-state index contributed by atoms with van der Waals surface area (Å²) in [5.41, 5.74) is 0. The minimum absolute atomic E-state index is 0.0330. The number of esters is 2. The van der Waals surface area contributed by atoms with Crippen LogP contribution in [0.15, 0.2) is 24.3 Å². The maximum absolute atomic E-state index is 12.7. The highest BCUT2D eigenvalue weighted by atomic mass is 16.6. The van der Waals surface area contributed by atoms with Crippen molar-refractivity contribution in [1.29, 1.82) is 0 Å². The lowest BCUT2D eigenvalue weighted by molar-refractivity contribution is -0.158. The second kappa shape index (κ2) is 40.8. The zero-order valence-corrected chi connectivity index (χ0v) is 35.1. The molecular formula is C45H84N2O6. The first kappa shape index (κ1) is 50.6. The molecule has 0 spiro atoms. The van der Waals surface area contributed by atoms with Gasteiger partial charge in [-0.05, 0) is 84.7 Å². The molecule has 0 aliphatic rings. The van der Waals surface area contributed by atoms with Crippen molar-refractivity contribution in [3.05, 3.63) is 24.3 Å². The zero-order chi connectivity index (χ0) is 38.9. The second-order valence-electron chi connectivity index (χ2n) is 15.1. The number of nitrogens with zero attached hydrogens (tertiary/aromatic N) is 1. The van der Waals surface area contributed by atoms with Crippen LogP contribution in [0.25, 0.3) is 0 Å². The third-order valence-corrected chi connectivity index (χ3v) is 9.47. The molecule has 1 amide bonds. The molecule has 8 nitrogen and oxygen atoms in total.